The normalized spacial score (nSPS) is 15.2. The van der Waals surface area contributed by atoms with Gasteiger partial charge in [-0.25, -0.2) is 4.98 Å². The largest absolute Gasteiger partial charge is 0.468 e. The van der Waals surface area contributed by atoms with Crippen LogP contribution in [0.1, 0.15) is 35.0 Å². The van der Waals surface area contributed by atoms with E-state index >= 15 is 0 Å². The van der Waals surface area contributed by atoms with Gasteiger partial charge in [-0.15, -0.1) is 0 Å². The molecule has 31 heavy (non-hydrogen) atoms. The number of para-hydroxylation sites is 1. The molecule has 156 valence electrons. The van der Waals surface area contributed by atoms with Gasteiger partial charge in [0.1, 0.15) is 5.76 Å². The van der Waals surface area contributed by atoms with E-state index in [4.69, 9.17) is 9.40 Å². The number of hydrogen-bond acceptors (Lipinski definition) is 5. The molecule has 1 aromatic carbocycles. The number of aromatic nitrogens is 2. The molecule has 0 saturated carbocycles. The molecule has 1 atom stereocenters. The van der Waals surface area contributed by atoms with Crippen molar-refractivity contribution in [2.45, 2.75) is 18.9 Å². The molecule has 0 spiro atoms. The molecule has 6 nitrogen and oxygen atoms in total. The Morgan fingerprint density at radius 3 is 2.65 bits per heavy atom. The molecule has 1 amide bonds. The molecule has 1 N–H and O–H groups in total. The second-order valence-corrected chi connectivity index (χ2v) is 7.79. The Labute approximate surface area is 180 Å². The molecule has 4 aromatic rings. The molecule has 1 aliphatic rings. The number of furan rings is 1. The number of likely N-dealkylation sites (tertiary alicyclic amines) is 1. The van der Waals surface area contributed by atoms with Gasteiger partial charge in [0.15, 0.2) is 0 Å². The van der Waals surface area contributed by atoms with Crippen LogP contribution in [0, 0.1) is 0 Å². The van der Waals surface area contributed by atoms with Crippen LogP contribution < -0.4 is 5.32 Å². The van der Waals surface area contributed by atoms with Gasteiger partial charge in [0, 0.05) is 29.9 Å². The number of nitrogens with one attached hydrogen (secondary N) is 1. The van der Waals surface area contributed by atoms with Gasteiger partial charge < -0.3 is 9.73 Å². The van der Waals surface area contributed by atoms with Crippen molar-refractivity contribution in [1.82, 2.24) is 20.2 Å². The molecule has 1 aliphatic heterocycles. The third-order valence-electron chi connectivity index (χ3n) is 5.85. The number of pyridine rings is 2. The van der Waals surface area contributed by atoms with Crippen molar-refractivity contribution in [3.8, 4) is 11.3 Å². The number of amides is 1. The summed E-state index contributed by atoms with van der Waals surface area (Å²) in [6.45, 7) is 2.53. The van der Waals surface area contributed by atoms with Gasteiger partial charge in [0.25, 0.3) is 5.91 Å². The maximum Gasteiger partial charge on any atom is 0.252 e. The highest BCUT2D eigenvalue weighted by molar-refractivity contribution is 6.07. The highest BCUT2D eigenvalue weighted by atomic mass is 16.3. The van der Waals surface area contributed by atoms with Crippen LogP contribution in [-0.2, 0) is 0 Å². The van der Waals surface area contributed by atoms with E-state index in [1.54, 1.807) is 18.7 Å². The molecule has 0 aliphatic carbocycles. The molecule has 3 aromatic heterocycles. The second kappa shape index (κ2) is 8.70. The minimum absolute atomic E-state index is 0.0363. The SMILES string of the molecule is O=C(NC[C@H](c1ccco1)N1CCCC1)c1cc(-c2ccncc2)nc2ccccc12. The molecule has 1 saturated heterocycles. The molecule has 0 bridgehead atoms. The average molecular weight is 412 g/mol. The molecule has 0 radical (unpaired) electrons. The Kier molecular flexibility index (Phi) is 5.46. The molecule has 0 unspecified atom stereocenters. The van der Waals surface area contributed by atoms with Gasteiger partial charge in [-0.2, -0.15) is 0 Å². The first-order chi connectivity index (χ1) is 15.3. The maximum atomic E-state index is 13.3. The fourth-order valence-electron chi connectivity index (χ4n) is 4.26. The van der Waals surface area contributed by atoms with Crippen molar-refractivity contribution in [3.05, 3.63) is 84.6 Å². The molecule has 5 rings (SSSR count). The van der Waals surface area contributed by atoms with E-state index in [0.29, 0.717) is 12.1 Å². The lowest BCUT2D eigenvalue weighted by molar-refractivity contribution is 0.0935. The summed E-state index contributed by atoms with van der Waals surface area (Å²) in [7, 11) is 0. The van der Waals surface area contributed by atoms with Crippen molar-refractivity contribution in [1.29, 1.82) is 0 Å². The summed E-state index contributed by atoms with van der Waals surface area (Å²) in [6, 6.07) is 17.3. The van der Waals surface area contributed by atoms with E-state index in [9.17, 15) is 4.79 Å². The molecule has 6 heteroatoms. The summed E-state index contributed by atoms with van der Waals surface area (Å²) in [5.74, 6) is 0.781. The van der Waals surface area contributed by atoms with Crippen molar-refractivity contribution in [2.24, 2.45) is 0 Å². The molecular weight excluding hydrogens is 388 g/mol. The van der Waals surface area contributed by atoms with Crippen LogP contribution in [0.3, 0.4) is 0 Å². The van der Waals surface area contributed by atoms with Gasteiger partial charge in [0.05, 0.1) is 29.1 Å². The molecule has 1 fully saturated rings. The quantitative estimate of drug-likeness (QED) is 0.506. The van der Waals surface area contributed by atoms with E-state index in [1.165, 1.54) is 12.8 Å². The zero-order chi connectivity index (χ0) is 21.0. The molecule has 4 heterocycles. The summed E-state index contributed by atoms with van der Waals surface area (Å²) in [5, 5.41) is 4.00. The lowest BCUT2D eigenvalue weighted by atomic mass is 10.0. The van der Waals surface area contributed by atoms with Crippen LogP contribution in [-0.4, -0.2) is 40.4 Å². The molecular formula is C25H24N4O2. The lowest BCUT2D eigenvalue weighted by Crippen LogP contribution is -2.36. The van der Waals surface area contributed by atoms with E-state index in [2.05, 4.69) is 15.2 Å². The van der Waals surface area contributed by atoms with Crippen molar-refractivity contribution in [2.75, 3.05) is 19.6 Å². The standard InChI is InChI=1S/C25H24N4O2/c30-25(27-17-23(24-8-5-15-31-24)29-13-3-4-14-29)20-16-22(18-9-11-26-12-10-18)28-21-7-2-1-6-19(20)21/h1-2,5-12,15-16,23H,3-4,13-14,17H2,(H,27,30)/t23-/m1/s1. The summed E-state index contributed by atoms with van der Waals surface area (Å²) in [6.07, 6.45) is 7.51. The Hall–Kier alpha value is -3.51. The predicted molar refractivity (Wildman–Crippen MR) is 120 cm³/mol. The maximum absolute atomic E-state index is 13.3. The topological polar surface area (TPSA) is 71.3 Å². The first-order valence-electron chi connectivity index (χ1n) is 10.7. The van der Waals surface area contributed by atoms with Crippen LogP contribution >= 0.6 is 0 Å². The van der Waals surface area contributed by atoms with Gasteiger partial charge in [-0.05, 0) is 62.3 Å². The van der Waals surface area contributed by atoms with E-state index in [1.807, 2.05) is 54.6 Å². The van der Waals surface area contributed by atoms with Gasteiger partial charge in [0.2, 0.25) is 0 Å². The van der Waals surface area contributed by atoms with Crippen molar-refractivity contribution < 1.29 is 9.21 Å². The summed E-state index contributed by atoms with van der Waals surface area (Å²) in [5.41, 5.74) is 3.11. The number of nitrogens with zero attached hydrogens (tertiary/aromatic N) is 3. The zero-order valence-electron chi connectivity index (χ0n) is 17.2. The number of carbonyl (C=O) groups is 1. The van der Waals surface area contributed by atoms with Crippen LogP contribution in [0.4, 0.5) is 0 Å². The van der Waals surface area contributed by atoms with Crippen molar-refractivity contribution in [3.63, 3.8) is 0 Å². The number of fused-ring (bicyclic) bond motifs is 1. The zero-order valence-corrected chi connectivity index (χ0v) is 17.2. The average Bonchev–Trinajstić information content (AvgIpc) is 3.54. The Morgan fingerprint density at radius 1 is 1.06 bits per heavy atom. The van der Waals surface area contributed by atoms with Gasteiger partial charge in [-0.3, -0.25) is 14.7 Å². The number of hydrogen-bond donors (Lipinski definition) is 1. The van der Waals surface area contributed by atoms with Crippen LogP contribution in [0.25, 0.3) is 22.2 Å². The summed E-state index contributed by atoms with van der Waals surface area (Å²) in [4.78, 5) is 24.5. The first kappa shape index (κ1) is 19.5. The van der Waals surface area contributed by atoms with Gasteiger partial charge >= 0.3 is 0 Å². The van der Waals surface area contributed by atoms with E-state index in [0.717, 1.165) is 41.0 Å². The highest BCUT2D eigenvalue weighted by Crippen LogP contribution is 2.27. The first-order valence-corrected chi connectivity index (χ1v) is 10.7. The Morgan fingerprint density at radius 2 is 1.87 bits per heavy atom. The third-order valence-corrected chi connectivity index (χ3v) is 5.85. The lowest BCUT2D eigenvalue weighted by Gasteiger charge is -2.26. The fraction of sp³-hybridized carbons (Fsp3) is 0.240. The minimum Gasteiger partial charge on any atom is -0.468 e. The summed E-state index contributed by atoms with van der Waals surface area (Å²) >= 11 is 0. The van der Waals surface area contributed by atoms with Crippen LogP contribution in [0.15, 0.2) is 77.7 Å². The number of benzene rings is 1. The summed E-state index contributed by atoms with van der Waals surface area (Å²) < 4.78 is 5.68. The van der Waals surface area contributed by atoms with E-state index < -0.39 is 0 Å². The minimum atomic E-state index is -0.107. The number of rotatable bonds is 6. The van der Waals surface area contributed by atoms with Gasteiger partial charge in [-0.1, -0.05) is 18.2 Å². The van der Waals surface area contributed by atoms with Crippen molar-refractivity contribution >= 4 is 16.8 Å². The smallest absolute Gasteiger partial charge is 0.252 e. The predicted octanol–water partition coefficient (Wildman–Crippen LogP) is 4.46. The highest BCUT2D eigenvalue weighted by Gasteiger charge is 2.26. The third kappa shape index (κ3) is 4.07. The monoisotopic (exact) mass is 412 g/mol. The second-order valence-electron chi connectivity index (χ2n) is 7.79. The Bertz CT molecular complexity index is 1170. The van der Waals surface area contributed by atoms with E-state index in [-0.39, 0.29) is 11.9 Å². The van der Waals surface area contributed by atoms with Crippen LogP contribution in [0.5, 0.6) is 0 Å². The van der Waals surface area contributed by atoms with Crippen LogP contribution in [0.2, 0.25) is 0 Å². The fourth-order valence-corrected chi connectivity index (χ4v) is 4.26. The Balaban J connectivity index is 1.45. The number of carbonyl (C=O) groups excluding carboxylic acids is 1.